The van der Waals surface area contributed by atoms with E-state index < -0.39 is 24.3 Å². The third kappa shape index (κ3) is 44.8. The number of aliphatic carboxylic acids is 1. The van der Waals surface area contributed by atoms with E-state index in [2.05, 4.69) is 86.8 Å². The van der Waals surface area contributed by atoms with Crippen LogP contribution in [0, 0.1) is 0 Å². The lowest BCUT2D eigenvalue weighted by Crippen LogP contribution is -2.40. The Morgan fingerprint density at radius 2 is 0.919 bits per heavy atom. The third-order valence-electron chi connectivity index (χ3n) is 10.2. The molecule has 62 heavy (non-hydrogen) atoms. The van der Waals surface area contributed by atoms with E-state index in [4.69, 9.17) is 18.9 Å². The van der Waals surface area contributed by atoms with Crippen molar-refractivity contribution in [2.45, 2.75) is 200 Å². The lowest BCUT2D eigenvalue weighted by atomic mass is 10.0. The Morgan fingerprint density at radius 3 is 1.37 bits per heavy atom. The van der Waals surface area contributed by atoms with Gasteiger partial charge in [0.05, 0.1) is 34.4 Å². The lowest BCUT2D eigenvalue weighted by Gasteiger charge is -2.25. The number of esters is 2. The maximum atomic E-state index is 12.8. The molecule has 0 aromatic heterocycles. The fourth-order valence-corrected chi connectivity index (χ4v) is 6.43. The van der Waals surface area contributed by atoms with Gasteiger partial charge in [0.15, 0.2) is 6.10 Å². The summed E-state index contributed by atoms with van der Waals surface area (Å²) in [6, 6.07) is 0. The molecule has 9 heteroatoms. The van der Waals surface area contributed by atoms with Crippen LogP contribution in [0.1, 0.15) is 187 Å². The summed E-state index contributed by atoms with van der Waals surface area (Å²) in [5.41, 5.74) is 0. The molecule has 0 aliphatic carbocycles. The van der Waals surface area contributed by atoms with Crippen molar-refractivity contribution in [3.8, 4) is 0 Å². The minimum atomic E-state index is -1.52. The van der Waals surface area contributed by atoms with Gasteiger partial charge in [-0.2, -0.15) is 0 Å². The second-order valence-electron chi connectivity index (χ2n) is 17.4. The van der Waals surface area contributed by atoms with E-state index in [1.807, 2.05) is 21.1 Å². The zero-order chi connectivity index (χ0) is 45.6. The standard InChI is InChI=1S/C53H91NO8/c1-6-8-10-12-14-16-18-20-22-24-25-26-27-28-30-32-34-36-38-40-42-44-51(56)62-49(48-61-53(52(57)58)59-46-45-54(3,4)5)47-60-50(55)43-41-39-37-35-33-31-29-23-21-19-17-15-13-11-9-7-2/h8,10,14,16,20,22,25-26,28,30,34,36,49,53H,6-7,9,11-13,15,17-19,21,23-24,27,29,31-33,35,37-48H2,1-5H3/p+1/b10-8-,16-14-,22-20-,26-25-,30-28-,36-34-. The molecular weight excluding hydrogens is 779 g/mol. The first kappa shape index (κ1) is 58.7. The van der Waals surface area contributed by atoms with E-state index in [1.165, 1.54) is 83.5 Å². The number of rotatable bonds is 44. The van der Waals surface area contributed by atoms with Gasteiger partial charge in [-0.25, -0.2) is 4.79 Å². The molecule has 0 rings (SSSR count). The Hall–Kier alpha value is -3.27. The van der Waals surface area contributed by atoms with Crippen molar-refractivity contribution in [2.24, 2.45) is 0 Å². The molecule has 1 N–H and O–H groups in total. The molecule has 2 unspecified atom stereocenters. The SMILES string of the molecule is CC/C=C\C/C=C\C/C=C\C/C=C\C/C=C\C/C=C\CCCCC(=O)OC(COC(=O)CCCCCCCCCCCCCCCCCC)COC(OCC[N+](C)(C)C)C(=O)O. The fraction of sp³-hybridized carbons (Fsp3) is 0.717. The maximum Gasteiger partial charge on any atom is 0.361 e. The van der Waals surface area contributed by atoms with Crippen LogP contribution in [0.4, 0.5) is 0 Å². The molecule has 356 valence electrons. The number of likely N-dealkylation sites (N-methyl/N-ethyl adjacent to an activating group) is 1. The average Bonchev–Trinajstić information content (AvgIpc) is 3.23. The molecule has 0 aromatic rings. The smallest absolute Gasteiger partial charge is 0.361 e. The summed E-state index contributed by atoms with van der Waals surface area (Å²) >= 11 is 0. The summed E-state index contributed by atoms with van der Waals surface area (Å²) in [6.07, 6.45) is 52.5. The van der Waals surface area contributed by atoms with Gasteiger partial charge in [0, 0.05) is 12.8 Å². The van der Waals surface area contributed by atoms with Crippen molar-refractivity contribution in [3.05, 3.63) is 72.9 Å². The molecule has 0 heterocycles. The molecule has 0 spiro atoms. The van der Waals surface area contributed by atoms with E-state index in [0.717, 1.165) is 70.6 Å². The Kier molecular flexibility index (Phi) is 42.0. The Labute approximate surface area is 379 Å². The first-order chi connectivity index (χ1) is 30.1. The quantitative estimate of drug-likeness (QED) is 0.0212. The molecule has 0 saturated heterocycles. The highest BCUT2D eigenvalue weighted by atomic mass is 16.7. The van der Waals surface area contributed by atoms with Crippen LogP contribution in [0.3, 0.4) is 0 Å². The second-order valence-corrected chi connectivity index (χ2v) is 17.4. The van der Waals surface area contributed by atoms with Gasteiger partial charge in [0.1, 0.15) is 13.2 Å². The largest absolute Gasteiger partial charge is 0.477 e. The number of carbonyl (C=O) groups excluding carboxylic acids is 2. The van der Waals surface area contributed by atoms with Gasteiger partial charge in [-0.05, 0) is 64.2 Å². The number of quaternary nitrogens is 1. The van der Waals surface area contributed by atoms with Crippen LogP contribution < -0.4 is 0 Å². The number of carbonyl (C=O) groups is 3. The highest BCUT2D eigenvalue weighted by Crippen LogP contribution is 2.15. The van der Waals surface area contributed by atoms with Crippen LogP contribution in [0.25, 0.3) is 0 Å². The van der Waals surface area contributed by atoms with Crippen molar-refractivity contribution in [2.75, 3.05) is 47.5 Å². The number of hydrogen-bond acceptors (Lipinski definition) is 7. The zero-order valence-corrected chi connectivity index (χ0v) is 40.3. The number of nitrogens with zero attached hydrogens (tertiary/aromatic N) is 1. The van der Waals surface area contributed by atoms with Gasteiger partial charge in [-0.1, -0.05) is 183 Å². The van der Waals surface area contributed by atoms with Gasteiger partial charge in [0.2, 0.25) is 0 Å². The molecular formula is C53H92NO8+. The minimum Gasteiger partial charge on any atom is -0.477 e. The normalized spacial score (nSPS) is 13.5. The van der Waals surface area contributed by atoms with E-state index >= 15 is 0 Å². The highest BCUT2D eigenvalue weighted by Gasteiger charge is 2.25. The Bertz CT molecular complexity index is 1240. The summed E-state index contributed by atoms with van der Waals surface area (Å²) in [6.45, 7) is 4.71. The minimum absolute atomic E-state index is 0.177. The Balaban J connectivity index is 4.47. The van der Waals surface area contributed by atoms with Crippen LogP contribution in [-0.2, 0) is 33.3 Å². The monoisotopic (exact) mass is 871 g/mol. The molecule has 0 fully saturated rings. The van der Waals surface area contributed by atoms with Crippen molar-refractivity contribution >= 4 is 17.9 Å². The van der Waals surface area contributed by atoms with E-state index in [0.29, 0.717) is 23.9 Å². The molecule has 0 bridgehead atoms. The van der Waals surface area contributed by atoms with Crippen molar-refractivity contribution in [3.63, 3.8) is 0 Å². The number of hydrogen-bond donors (Lipinski definition) is 1. The van der Waals surface area contributed by atoms with Crippen LogP contribution in [-0.4, -0.2) is 87.4 Å². The topological polar surface area (TPSA) is 108 Å². The maximum absolute atomic E-state index is 12.8. The number of ether oxygens (including phenoxy) is 4. The van der Waals surface area contributed by atoms with Crippen LogP contribution in [0.2, 0.25) is 0 Å². The molecule has 0 amide bonds. The average molecular weight is 871 g/mol. The van der Waals surface area contributed by atoms with Crippen molar-refractivity contribution < 1.29 is 42.9 Å². The van der Waals surface area contributed by atoms with E-state index in [9.17, 15) is 19.5 Å². The highest BCUT2D eigenvalue weighted by molar-refractivity contribution is 5.71. The van der Waals surface area contributed by atoms with Crippen molar-refractivity contribution in [1.82, 2.24) is 0 Å². The molecule has 0 aliphatic heterocycles. The van der Waals surface area contributed by atoms with Gasteiger partial charge in [0.25, 0.3) is 6.29 Å². The predicted molar refractivity (Wildman–Crippen MR) is 258 cm³/mol. The number of carboxylic acid groups (broad SMARTS) is 1. The molecule has 2 atom stereocenters. The number of unbranched alkanes of at least 4 members (excludes halogenated alkanes) is 17. The molecule has 9 nitrogen and oxygen atoms in total. The van der Waals surface area contributed by atoms with Gasteiger partial charge in [-0.3, -0.25) is 9.59 Å². The first-order valence-electron chi connectivity index (χ1n) is 24.6. The molecule has 0 aromatic carbocycles. The number of carboxylic acids is 1. The summed E-state index contributed by atoms with van der Waals surface area (Å²) < 4.78 is 22.7. The number of allylic oxidation sites excluding steroid dienone is 12. The van der Waals surface area contributed by atoms with Gasteiger partial charge in [-0.15, -0.1) is 0 Å². The predicted octanol–water partition coefficient (Wildman–Crippen LogP) is 13.5. The molecule has 0 saturated carbocycles. The van der Waals surface area contributed by atoms with Crippen LogP contribution in [0.15, 0.2) is 72.9 Å². The second kappa shape index (κ2) is 44.3. The molecule has 0 aliphatic rings. The summed E-state index contributed by atoms with van der Waals surface area (Å²) in [4.78, 5) is 37.2. The first-order valence-corrected chi connectivity index (χ1v) is 24.6. The van der Waals surface area contributed by atoms with Crippen LogP contribution >= 0.6 is 0 Å². The lowest BCUT2D eigenvalue weighted by molar-refractivity contribution is -0.870. The van der Waals surface area contributed by atoms with Gasteiger partial charge < -0.3 is 28.5 Å². The zero-order valence-electron chi connectivity index (χ0n) is 40.3. The van der Waals surface area contributed by atoms with E-state index in [1.54, 1.807) is 0 Å². The third-order valence-corrected chi connectivity index (χ3v) is 10.2. The van der Waals surface area contributed by atoms with E-state index in [-0.39, 0.29) is 32.2 Å². The molecule has 0 radical (unpaired) electrons. The summed E-state index contributed by atoms with van der Waals surface area (Å²) in [5, 5.41) is 9.66. The fourth-order valence-electron chi connectivity index (χ4n) is 6.43. The van der Waals surface area contributed by atoms with Crippen molar-refractivity contribution in [1.29, 1.82) is 0 Å². The van der Waals surface area contributed by atoms with Gasteiger partial charge >= 0.3 is 17.9 Å². The Morgan fingerprint density at radius 1 is 0.500 bits per heavy atom. The summed E-state index contributed by atoms with van der Waals surface area (Å²) in [7, 11) is 5.94. The summed E-state index contributed by atoms with van der Waals surface area (Å²) in [5.74, 6) is -2.07. The van der Waals surface area contributed by atoms with Crippen LogP contribution in [0.5, 0.6) is 0 Å².